The molecule has 1 aliphatic heterocycles. The largest absolute Gasteiger partial charge is 0.338 e. The maximum absolute atomic E-state index is 12.2. The van der Waals surface area contributed by atoms with E-state index < -0.39 is 0 Å². The van der Waals surface area contributed by atoms with Gasteiger partial charge in [0.05, 0.1) is 11.1 Å². The van der Waals surface area contributed by atoms with Gasteiger partial charge in [-0.3, -0.25) is 19.4 Å². The van der Waals surface area contributed by atoms with Crippen molar-refractivity contribution in [3.63, 3.8) is 0 Å². The molecule has 0 aliphatic carbocycles. The van der Waals surface area contributed by atoms with Crippen LogP contribution in [0.25, 0.3) is 0 Å². The van der Waals surface area contributed by atoms with Crippen LogP contribution in [0.1, 0.15) is 37.0 Å². The zero-order valence-corrected chi connectivity index (χ0v) is 17.0. The highest BCUT2D eigenvalue weighted by molar-refractivity contribution is 5.99. The Morgan fingerprint density at radius 3 is 2.50 bits per heavy atom. The van der Waals surface area contributed by atoms with Crippen molar-refractivity contribution in [2.24, 2.45) is 10.7 Å². The second-order valence-electron chi connectivity index (χ2n) is 7.55. The molecular weight excluding hydrogens is 352 g/mol. The van der Waals surface area contributed by atoms with E-state index in [1.54, 1.807) is 6.92 Å². The molecule has 28 heavy (non-hydrogen) atoms. The first-order valence-electron chi connectivity index (χ1n) is 9.75. The minimum atomic E-state index is -0.269. The average molecular weight is 383 g/mol. The Labute approximate surface area is 166 Å². The topological polar surface area (TPSA) is 88.5 Å². The smallest absolute Gasteiger partial charge is 0.165 e. The van der Waals surface area contributed by atoms with Crippen LogP contribution in [0.2, 0.25) is 0 Å². The van der Waals surface area contributed by atoms with Gasteiger partial charge in [-0.1, -0.05) is 18.2 Å². The van der Waals surface area contributed by atoms with Crippen LogP contribution in [-0.4, -0.2) is 59.4 Å². The van der Waals surface area contributed by atoms with Crippen LogP contribution in [-0.2, 0) is 5.54 Å². The number of aliphatic imine (C=N–C) groups is 1. The van der Waals surface area contributed by atoms with Crippen molar-refractivity contribution in [1.82, 2.24) is 14.7 Å². The molecule has 1 aliphatic rings. The number of nitrogens with one attached hydrogen (secondary N) is 1. The monoisotopic (exact) mass is 382 g/mol. The van der Waals surface area contributed by atoms with Crippen molar-refractivity contribution >= 4 is 23.0 Å². The number of rotatable bonds is 7. The number of anilines is 2. The van der Waals surface area contributed by atoms with E-state index in [1.807, 2.05) is 48.3 Å². The van der Waals surface area contributed by atoms with E-state index in [0.717, 1.165) is 43.9 Å². The molecule has 7 heteroatoms. The highest BCUT2D eigenvalue weighted by Crippen LogP contribution is 2.31. The quantitative estimate of drug-likeness (QED) is 0.568. The molecule has 0 radical (unpaired) electrons. The summed E-state index contributed by atoms with van der Waals surface area (Å²) >= 11 is 0. The fraction of sp³-hybridized carbons (Fsp3) is 0.476. The number of likely N-dealkylation sites (tertiary alicyclic amines) is 1. The lowest BCUT2D eigenvalue weighted by molar-refractivity contribution is 0.101. The fourth-order valence-electron chi connectivity index (χ4n) is 3.67. The summed E-state index contributed by atoms with van der Waals surface area (Å²) in [7, 11) is 1.83. The normalized spacial score (nSPS) is 17.5. The predicted octanol–water partition coefficient (Wildman–Crippen LogP) is 2.67. The van der Waals surface area contributed by atoms with Gasteiger partial charge < -0.3 is 11.1 Å². The van der Waals surface area contributed by atoms with E-state index >= 15 is 0 Å². The van der Waals surface area contributed by atoms with Gasteiger partial charge in [-0.15, -0.1) is 0 Å². The van der Waals surface area contributed by atoms with Crippen molar-refractivity contribution in [2.75, 3.05) is 38.5 Å². The van der Waals surface area contributed by atoms with Crippen LogP contribution in [0.5, 0.6) is 0 Å². The number of nitrogens with zero attached hydrogens (tertiary/aromatic N) is 4. The highest BCUT2D eigenvalue weighted by Gasteiger charge is 2.37. The second kappa shape index (κ2) is 8.67. The number of para-hydroxylation sites is 1. The molecule has 150 valence electrons. The number of piperidine rings is 1. The molecule has 1 aromatic heterocycles. The molecule has 1 aromatic carbocycles. The van der Waals surface area contributed by atoms with Gasteiger partial charge in [-0.2, -0.15) is 5.10 Å². The van der Waals surface area contributed by atoms with Crippen LogP contribution in [0.3, 0.4) is 0 Å². The molecule has 2 heterocycles. The summed E-state index contributed by atoms with van der Waals surface area (Å²) in [5, 5.41) is 8.04. The van der Waals surface area contributed by atoms with Gasteiger partial charge in [-0.05, 0) is 38.8 Å². The van der Waals surface area contributed by atoms with Gasteiger partial charge in [-0.25, -0.2) is 0 Å². The van der Waals surface area contributed by atoms with Crippen LogP contribution in [0.4, 0.5) is 11.5 Å². The summed E-state index contributed by atoms with van der Waals surface area (Å²) in [6.07, 6.45) is 3.64. The summed E-state index contributed by atoms with van der Waals surface area (Å²) in [4.78, 5) is 18.9. The fourth-order valence-corrected chi connectivity index (χ4v) is 3.67. The molecule has 3 rings (SSSR count). The Hall–Kier alpha value is -2.51. The van der Waals surface area contributed by atoms with E-state index in [2.05, 4.69) is 22.1 Å². The highest BCUT2D eigenvalue weighted by atomic mass is 16.1. The first-order valence-corrected chi connectivity index (χ1v) is 9.75. The lowest BCUT2D eigenvalue weighted by atomic mass is 9.87. The van der Waals surface area contributed by atoms with E-state index in [0.29, 0.717) is 17.9 Å². The van der Waals surface area contributed by atoms with E-state index in [9.17, 15) is 4.79 Å². The Morgan fingerprint density at radius 1 is 1.25 bits per heavy atom. The third kappa shape index (κ3) is 4.31. The maximum atomic E-state index is 12.2. The van der Waals surface area contributed by atoms with Gasteiger partial charge in [0, 0.05) is 50.8 Å². The summed E-state index contributed by atoms with van der Waals surface area (Å²) in [5.74, 6) is 0.576. The first kappa shape index (κ1) is 20.2. The summed E-state index contributed by atoms with van der Waals surface area (Å²) in [5.41, 5.74) is 8.58. The van der Waals surface area contributed by atoms with Crippen LogP contribution >= 0.6 is 0 Å². The third-order valence-electron chi connectivity index (χ3n) is 5.62. The Morgan fingerprint density at radius 2 is 1.93 bits per heavy atom. The van der Waals surface area contributed by atoms with Crippen molar-refractivity contribution in [2.45, 2.75) is 32.2 Å². The van der Waals surface area contributed by atoms with Crippen molar-refractivity contribution in [3.8, 4) is 0 Å². The van der Waals surface area contributed by atoms with Crippen LogP contribution in [0.15, 0.2) is 41.5 Å². The number of ketones is 1. The third-order valence-corrected chi connectivity index (χ3v) is 5.62. The molecule has 0 unspecified atom stereocenters. The molecule has 2 aromatic rings. The van der Waals surface area contributed by atoms with E-state index in [1.165, 1.54) is 0 Å². The average Bonchev–Trinajstić information content (AvgIpc) is 3.14. The molecule has 7 nitrogen and oxygen atoms in total. The summed E-state index contributed by atoms with van der Waals surface area (Å²) < 4.78 is 1.92. The number of carbonyl (C=O) groups excluding carboxylic acids is 1. The van der Waals surface area contributed by atoms with Crippen molar-refractivity contribution < 1.29 is 4.79 Å². The Bertz CT molecular complexity index is 834. The lowest BCUT2D eigenvalue weighted by Crippen LogP contribution is -2.51. The zero-order chi connectivity index (χ0) is 20.1. The van der Waals surface area contributed by atoms with Gasteiger partial charge >= 0.3 is 0 Å². The minimum Gasteiger partial charge on any atom is -0.338 e. The second-order valence-corrected chi connectivity index (χ2v) is 7.55. The standard InChI is InChI=1S/C21H30N6O/c1-16(23-3)13-26-11-9-21(15-22,10-12-26)27-14-19(17(2)28)20(25-27)24-18-7-5-4-6-8-18/h4-8,14H,9-13,15,22H2,1-3H3,(H,24,25). The number of hydrogen-bond acceptors (Lipinski definition) is 6. The number of Topliss-reactive ketones (excluding diaryl/α,β-unsaturated/α-hetero) is 1. The van der Waals surface area contributed by atoms with E-state index in [-0.39, 0.29) is 11.3 Å². The number of nitrogens with two attached hydrogens (primary N) is 1. The van der Waals surface area contributed by atoms with Gasteiger partial charge in [0.25, 0.3) is 0 Å². The van der Waals surface area contributed by atoms with Gasteiger partial charge in [0.1, 0.15) is 0 Å². The molecule has 0 bridgehead atoms. The Balaban J connectivity index is 1.83. The Kier molecular flexibility index (Phi) is 6.26. The van der Waals surface area contributed by atoms with Crippen LogP contribution in [0, 0.1) is 0 Å². The lowest BCUT2D eigenvalue weighted by Gasteiger charge is -2.41. The number of benzene rings is 1. The molecule has 1 fully saturated rings. The predicted molar refractivity (Wildman–Crippen MR) is 114 cm³/mol. The minimum absolute atomic E-state index is 0.0101. The van der Waals surface area contributed by atoms with Crippen LogP contribution < -0.4 is 11.1 Å². The van der Waals surface area contributed by atoms with E-state index in [4.69, 9.17) is 10.8 Å². The summed E-state index contributed by atoms with van der Waals surface area (Å²) in [6.45, 7) is 6.86. The first-order chi connectivity index (χ1) is 13.5. The molecule has 0 saturated carbocycles. The zero-order valence-electron chi connectivity index (χ0n) is 17.0. The number of carbonyl (C=O) groups is 1. The number of hydrogen-bond donors (Lipinski definition) is 2. The SMILES string of the molecule is CN=C(C)CN1CCC(CN)(n2cc(C(C)=O)c(Nc3ccccc3)n2)CC1. The summed E-state index contributed by atoms with van der Waals surface area (Å²) in [6, 6.07) is 9.77. The van der Waals surface area contributed by atoms with Gasteiger partial charge in [0.2, 0.25) is 0 Å². The maximum Gasteiger partial charge on any atom is 0.165 e. The molecule has 0 atom stereocenters. The number of aromatic nitrogens is 2. The molecule has 0 amide bonds. The molecule has 1 saturated heterocycles. The molecule has 3 N–H and O–H groups in total. The van der Waals surface area contributed by atoms with Gasteiger partial charge in [0.15, 0.2) is 11.6 Å². The van der Waals surface area contributed by atoms with Crippen molar-refractivity contribution in [1.29, 1.82) is 0 Å². The molecule has 0 spiro atoms. The molecular formula is C21H30N6O. The van der Waals surface area contributed by atoms with Crippen molar-refractivity contribution in [3.05, 3.63) is 42.1 Å².